The molecule has 0 saturated carbocycles. The van der Waals surface area contributed by atoms with E-state index in [2.05, 4.69) is 42.6 Å². The molecule has 1 N–H and O–H groups in total. The summed E-state index contributed by atoms with van der Waals surface area (Å²) >= 11 is 1.67. The molecule has 2 nitrogen and oxygen atoms in total. The van der Waals surface area contributed by atoms with Gasteiger partial charge in [-0.05, 0) is 31.2 Å². The van der Waals surface area contributed by atoms with Gasteiger partial charge in [0.1, 0.15) is 0 Å². The molecule has 0 fully saturated rings. The maximum absolute atomic E-state index is 5.15. The number of rotatable bonds is 4. The topological polar surface area (TPSA) is 21.3 Å². The number of ether oxygens (including phenoxy) is 1. The van der Waals surface area contributed by atoms with Gasteiger partial charge in [0.05, 0.1) is 7.11 Å². The Kier molecular flexibility index (Phi) is 3.47. The molecule has 2 aromatic rings. The van der Waals surface area contributed by atoms with Gasteiger partial charge in [-0.2, -0.15) is 0 Å². The molecule has 0 spiro atoms. The number of hydrogen-bond acceptors (Lipinski definition) is 3. The van der Waals surface area contributed by atoms with Crippen LogP contribution in [0, 0.1) is 6.92 Å². The normalized spacial score (nSPS) is 10.1. The highest BCUT2D eigenvalue weighted by atomic mass is 32.1. The fourth-order valence-electron chi connectivity index (χ4n) is 1.42. The van der Waals surface area contributed by atoms with E-state index in [-0.39, 0.29) is 0 Å². The van der Waals surface area contributed by atoms with E-state index in [1.54, 1.807) is 18.4 Å². The van der Waals surface area contributed by atoms with Crippen LogP contribution < -0.4 is 10.1 Å². The van der Waals surface area contributed by atoms with E-state index in [1.807, 2.05) is 6.07 Å². The van der Waals surface area contributed by atoms with Gasteiger partial charge in [0.25, 0.3) is 0 Å². The van der Waals surface area contributed by atoms with Crippen molar-refractivity contribution in [3.05, 3.63) is 46.8 Å². The Morgan fingerprint density at radius 3 is 2.50 bits per heavy atom. The van der Waals surface area contributed by atoms with Crippen molar-refractivity contribution >= 4 is 17.0 Å². The van der Waals surface area contributed by atoms with Crippen LogP contribution in [0.4, 0.5) is 5.69 Å². The second kappa shape index (κ2) is 5.03. The summed E-state index contributed by atoms with van der Waals surface area (Å²) in [4.78, 5) is 1.28. The second-order valence-corrected chi connectivity index (χ2v) is 4.78. The average molecular weight is 233 g/mol. The zero-order valence-corrected chi connectivity index (χ0v) is 10.3. The third-order valence-electron chi connectivity index (χ3n) is 2.36. The maximum atomic E-state index is 5.15. The fourth-order valence-corrected chi connectivity index (χ4v) is 2.18. The Labute approximate surface area is 99.9 Å². The molecule has 0 amide bonds. The molecule has 3 heteroatoms. The molecule has 0 saturated heterocycles. The molecule has 0 bridgehead atoms. The summed E-state index contributed by atoms with van der Waals surface area (Å²) in [5.74, 6) is 0. The van der Waals surface area contributed by atoms with Crippen LogP contribution in [0.5, 0.6) is 5.06 Å². The number of benzene rings is 1. The zero-order chi connectivity index (χ0) is 11.4. The van der Waals surface area contributed by atoms with Gasteiger partial charge in [0.15, 0.2) is 5.06 Å². The van der Waals surface area contributed by atoms with Crippen LogP contribution in [0.1, 0.15) is 10.4 Å². The van der Waals surface area contributed by atoms with Crippen molar-refractivity contribution in [1.29, 1.82) is 0 Å². The summed E-state index contributed by atoms with van der Waals surface area (Å²) in [6, 6.07) is 12.5. The quantitative estimate of drug-likeness (QED) is 0.869. The second-order valence-electron chi connectivity index (χ2n) is 3.64. The molecular weight excluding hydrogens is 218 g/mol. The predicted molar refractivity (Wildman–Crippen MR) is 69.4 cm³/mol. The van der Waals surface area contributed by atoms with Gasteiger partial charge in [0, 0.05) is 17.1 Å². The van der Waals surface area contributed by atoms with Gasteiger partial charge in [0.2, 0.25) is 0 Å². The molecule has 84 valence electrons. The first kappa shape index (κ1) is 11.0. The molecule has 2 rings (SSSR count). The molecule has 0 unspecified atom stereocenters. The highest BCUT2D eigenvalue weighted by molar-refractivity contribution is 7.13. The summed E-state index contributed by atoms with van der Waals surface area (Å²) in [5, 5.41) is 4.34. The minimum Gasteiger partial charge on any atom is -0.487 e. The highest BCUT2D eigenvalue weighted by Crippen LogP contribution is 2.24. The molecule has 0 atom stereocenters. The fraction of sp³-hybridized carbons (Fsp3) is 0.231. The Morgan fingerprint density at radius 2 is 1.88 bits per heavy atom. The van der Waals surface area contributed by atoms with E-state index in [1.165, 1.54) is 10.4 Å². The number of thiophene rings is 1. The summed E-state index contributed by atoms with van der Waals surface area (Å²) < 4.78 is 5.15. The van der Waals surface area contributed by atoms with Crippen molar-refractivity contribution in [2.45, 2.75) is 13.5 Å². The molecular formula is C13H15NOS. The number of anilines is 1. The minimum absolute atomic E-state index is 0.844. The first-order valence-electron chi connectivity index (χ1n) is 5.21. The van der Waals surface area contributed by atoms with Crippen LogP contribution in [0.25, 0.3) is 0 Å². The zero-order valence-electron chi connectivity index (χ0n) is 9.49. The first-order valence-corrected chi connectivity index (χ1v) is 6.03. The first-order chi connectivity index (χ1) is 7.78. The van der Waals surface area contributed by atoms with Crippen LogP contribution in [0.2, 0.25) is 0 Å². The lowest BCUT2D eigenvalue weighted by Crippen LogP contribution is -1.96. The monoisotopic (exact) mass is 233 g/mol. The number of aryl methyl sites for hydroxylation is 1. The third kappa shape index (κ3) is 2.76. The molecule has 16 heavy (non-hydrogen) atoms. The van der Waals surface area contributed by atoms with Crippen LogP contribution in [-0.2, 0) is 6.54 Å². The van der Waals surface area contributed by atoms with Gasteiger partial charge >= 0.3 is 0 Å². The van der Waals surface area contributed by atoms with E-state index in [9.17, 15) is 0 Å². The molecule has 1 aromatic carbocycles. The smallest absolute Gasteiger partial charge is 0.173 e. The van der Waals surface area contributed by atoms with Crippen molar-refractivity contribution in [3.8, 4) is 5.06 Å². The number of hydrogen-bond donors (Lipinski definition) is 1. The SMILES string of the molecule is COc1ccc(CNc2ccc(C)cc2)s1. The van der Waals surface area contributed by atoms with Crippen molar-refractivity contribution in [3.63, 3.8) is 0 Å². The van der Waals surface area contributed by atoms with Crippen LogP contribution in [0.3, 0.4) is 0 Å². The number of nitrogens with one attached hydrogen (secondary N) is 1. The maximum Gasteiger partial charge on any atom is 0.173 e. The molecule has 1 aromatic heterocycles. The highest BCUT2D eigenvalue weighted by Gasteiger charge is 1.99. The molecule has 1 heterocycles. The van der Waals surface area contributed by atoms with Crippen molar-refractivity contribution in [1.82, 2.24) is 0 Å². The van der Waals surface area contributed by atoms with Crippen molar-refractivity contribution in [2.75, 3.05) is 12.4 Å². The van der Waals surface area contributed by atoms with E-state index < -0.39 is 0 Å². The Balaban J connectivity index is 1.94. The lowest BCUT2D eigenvalue weighted by Gasteiger charge is -2.04. The molecule has 0 radical (unpaired) electrons. The van der Waals surface area contributed by atoms with E-state index in [4.69, 9.17) is 4.74 Å². The lowest BCUT2D eigenvalue weighted by molar-refractivity contribution is 0.427. The summed E-state index contributed by atoms with van der Waals surface area (Å²) in [6.07, 6.45) is 0. The van der Waals surface area contributed by atoms with E-state index >= 15 is 0 Å². The summed E-state index contributed by atoms with van der Waals surface area (Å²) in [6.45, 7) is 2.94. The van der Waals surface area contributed by atoms with Gasteiger partial charge < -0.3 is 10.1 Å². The third-order valence-corrected chi connectivity index (χ3v) is 3.40. The summed E-state index contributed by atoms with van der Waals surface area (Å²) in [5.41, 5.74) is 2.43. The Bertz CT molecular complexity index is 447. The predicted octanol–water partition coefficient (Wildman–Crippen LogP) is 3.68. The van der Waals surface area contributed by atoms with Crippen LogP contribution in [0.15, 0.2) is 36.4 Å². The Morgan fingerprint density at radius 1 is 1.12 bits per heavy atom. The molecule has 0 aliphatic heterocycles. The van der Waals surface area contributed by atoms with E-state index in [0.29, 0.717) is 0 Å². The largest absolute Gasteiger partial charge is 0.487 e. The standard InChI is InChI=1S/C13H15NOS/c1-10-3-5-11(6-4-10)14-9-12-7-8-13(15-2)16-12/h3-8,14H,9H2,1-2H3. The Hall–Kier alpha value is -1.48. The van der Waals surface area contributed by atoms with Gasteiger partial charge in [-0.1, -0.05) is 17.7 Å². The number of methoxy groups -OCH3 is 1. The molecule has 0 aliphatic carbocycles. The van der Waals surface area contributed by atoms with Crippen LogP contribution in [-0.4, -0.2) is 7.11 Å². The van der Waals surface area contributed by atoms with Gasteiger partial charge in [-0.25, -0.2) is 0 Å². The van der Waals surface area contributed by atoms with Crippen molar-refractivity contribution < 1.29 is 4.74 Å². The molecule has 0 aliphatic rings. The van der Waals surface area contributed by atoms with Gasteiger partial charge in [-0.3, -0.25) is 0 Å². The van der Waals surface area contributed by atoms with E-state index in [0.717, 1.165) is 17.3 Å². The summed E-state index contributed by atoms with van der Waals surface area (Å²) in [7, 11) is 1.70. The van der Waals surface area contributed by atoms with Crippen molar-refractivity contribution in [2.24, 2.45) is 0 Å². The minimum atomic E-state index is 0.844. The van der Waals surface area contributed by atoms with Crippen LogP contribution >= 0.6 is 11.3 Å². The van der Waals surface area contributed by atoms with Gasteiger partial charge in [-0.15, -0.1) is 11.3 Å². The lowest BCUT2D eigenvalue weighted by atomic mass is 10.2. The average Bonchev–Trinajstić information content (AvgIpc) is 2.76.